The third kappa shape index (κ3) is 2.61. The van der Waals surface area contributed by atoms with E-state index in [9.17, 15) is 5.11 Å². The molecule has 5 heteroatoms. The van der Waals surface area contributed by atoms with Gasteiger partial charge in [0.05, 0.1) is 27.4 Å². The van der Waals surface area contributed by atoms with Crippen LogP contribution in [0.15, 0.2) is 17.0 Å². The summed E-state index contributed by atoms with van der Waals surface area (Å²) < 4.78 is 15.7. The van der Waals surface area contributed by atoms with Crippen LogP contribution in [0.25, 0.3) is 0 Å². The molecular weight excluding hydrogens is 240 g/mol. The molecule has 0 saturated carbocycles. The van der Waals surface area contributed by atoms with Gasteiger partial charge in [-0.15, -0.1) is 0 Å². The van der Waals surface area contributed by atoms with Crippen LogP contribution in [0, 0.1) is 0 Å². The second kappa shape index (κ2) is 5.51. The van der Waals surface area contributed by atoms with E-state index < -0.39 is 0 Å². The van der Waals surface area contributed by atoms with Gasteiger partial charge in [0.25, 0.3) is 0 Å². The lowest BCUT2D eigenvalue weighted by Gasteiger charge is -2.16. The minimum Gasteiger partial charge on any atom is -0.502 e. The van der Waals surface area contributed by atoms with Gasteiger partial charge in [-0.25, -0.2) is 0 Å². The Hall–Kier alpha value is -1.07. The molecule has 17 heavy (non-hydrogen) atoms. The van der Waals surface area contributed by atoms with Crippen molar-refractivity contribution in [3.63, 3.8) is 0 Å². The van der Waals surface area contributed by atoms with E-state index in [2.05, 4.69) is 0 Å². The van der Waals surface area contributed by atoms with E-state index in [-0.39, 0.29) is 16.6 Å². The fourth-order valence-corrected chi connectivity index (χ4v) is 3.66. The summed E-state index contributed by atoms with van der Waals surface area (Å²) in [4.78, 5) is 1.17. The summed E-state index contributed by atoms with van der Waals surface area (Å²) in [6.45, 7) is 1.60. The van der Waals surface area contributed by atoms with Crippen molar-refractivity contribution in [2.24, 2.45) is 0 Å². The molecule has 0 amide bonds. The molecule has 1 heterocycles. The van der Waals surface area contributed by atoms with Gasteiger partial charge in [-0.3, -0.25) is 0 Å². The maximum atomic E-state index is 9.84. The lowest BCUT2D eigenvalue weighted by molar-refractivity contribution is 0.159. The molecule has 1 aromatic carbocycles. The highest BCUT2D eigenvalue weighted by Crippen LogP contribution is 2.39. The van der Waals surface area contributed by atoms with Gasteiger partial charge in [-0.05, 0) is 0 Å². The van der Waals surface area contributed by atoms with Crippen molar-refractivity contribution < 1.29 is 19.3 Å². The molecule has 1 aliphatic heterocycles. The highest BCUT2D eigenvalue weighted by atomic mass is 32.2. The molecule has 0 radical (unpaired) electrons. The summed E-state index contributed by atoms with van der Waals surface area (Å²) in [5.74, 6) is 3.06. The average molecular weight is 257 g/mol. The molecule has 1 fully saturated rings. The highest BCUT2D eigenvalue weighted by molar-refractivity contribution is 7.97. The first-order valence-corrected chi connectivity index (χ1v) is 7.02. The van der Waals surface area contributed by atoms with E-state index in [0.29, 0.717) is 11.5 Å². The molecule has 0 atom stereocenters. The van der Waals surface area contributed by atoms with Crippen LogP contribution in [-0.2, 0) is 15.6 Å². The second-order valence-corrected chi connectivity index (χ2v) is 5.96. The van der Waals surface area contributed by atoms with Crippen molar-refractivity contribution in [1.29, 1.82) is 0 Å². The number of aromatic hydroxyl groups is 1. The molecule has 0 spiro atoms. The first kappa shape index (κ1) is 12.4. The van der Waals surface area contributed by atoms with Gasteiger partial charge < -0.3 is 19.3 Å². The van der Waals surface area contributed by atoms with Crippen molar-refractivity contribution >= 4 is 10.9 Å². The molecular formula is C12H17O4S+. The zero-order valence-corrected chi connectivity index (χ0v) is 10.9. The predicted molar refractivity (Wildman–Crippen MR) is 67.4 cm³/mol. The molecule has 0 aromatic heterocycles. The topological polar surface area (TPSA) is 47.9 Å². The number of hydrogen-bond acceptors (Lipinski definition) is 4. The first-order valence-electron chi connectivity index (χ1n) is 5.46. The van der Waals surface area contributed by atoms with Crippen LogP contribution >= 0.6 is 0 Å². The lowest BCUT2D eigenvalue weighted by atomic mass is 10.3. The summed E-state index contributed by atoms with van der Waals surface area (Å²) in [5, 5.41) is 9.84. The summed E-state index contributed by atoms with van der Waals surface area (Å²) in [6, 6.07) is 3.79. The maximum absolute atomic E-state index is 9.84. The molecule has 1 aliphatic rings. The number of benzene rings is 1. The van der Waals surface area contributed by atoms with Crippen molar-refractivity contribution in [3.8, 4) is 17.2 Å². The largest absolute Gasteiger partial charge is 0.502 e. The zero-order chi connectivity index (χ0) is 12.3. The predicted octanol–water partition coefficient (Wildman–Crippen LogP) is 1.42. The molecule has 94 valence electrons. The zero-order valence-electron chi connectivity index (χ0n) is 10.1. The third-order valence-electron chi connectivity index (χ3n) is 2.73. The summed E-state index contributed by atoms with van der Waals surface area (Å²) in [5.41, 5.74) is 0. The van der Waals surface area contributed by atoms with E-state index in [1.165, 1.54) is 4.90 Å². The highest BCUT2D eigenvalue weighted by Gasteiger charge is 2.28. The Kier molecular flexibility index (Phi) is 4.02. The van der Waals surface area contributed by atoms with Crippen molar-refractivity contribution in [2.75, 3.05) is 38.9 Å². The molecule has 1 saturated heterocycles. The number of rotatable bonds is 3. The van der Waals surface area contributed by atoms with Gasteiger partial charge in [0.1, 0.15) is 11.5 Å². The van der Waals surface area contributed by atoms with E-state index in [4.69, 9.17) is 14.2 Å². The number of ether oxygens (including phenoxy) is 3. The molecule has 0 aliphatic carbocycles. The Bertz CT molecular complexity index is 363. The van der Waals surface area contributed by atoms with Crippen LogP contribution in [0.4, 0.5) is 0 Å². The molecule has 2 rings (SSSR count). The number of methoxy groups -OCH3 is 2. The van der Waals surface area contributed by atoms with Gasteiger partial charge in [-0.2, -0.15) is 0 Å². The van der Waals surface area contributed by atoms with E-state index >= 15 is 0 Å². The van der Waals surface area contributed by atoms with Crippen molar-refractivity contribution in [2.45, 2.75) is 4.90 Å². The Morgan fingerprint density at radius 3 is 2.12 bits per heavy atom. The van der Waals surface area contributed by atoms with Crippen LogP contribution in [0.3, 0.4) is 0 Å². The Labute approximate surface area is 104 Å². The molecule has 0 unspecified atom stereocenters. The van der Waals surface area contributed by atoms with Crippen LogP contribution < -0.4 is 9.47 Å². The molecule has 0 bridgehead atoms. The summed E-state index contributed by atoms with van der Waals surface area (Å²) >= 11 is 0. The van der Waals surface area contributed by atoms with E-state index in [1.54, 1.807) is 14.2 Å². The number of phenols is 1. The normalized spacial score (nSPS) is 16.8. The monoisotopic (exact) mass is 257 g/mol. The van der Waals surface area contributed by atoms with Gasteiger partial charge in [-0.1, -0.05) is 0 Å². The number of phenolic OH excluding ortho intramolecular Hbond substituents is 1. The second-order valence-electron chi connectivity index (χ2n) is 3.69. The summed E-state index contributed by atoms with van der Waals surface area (Å²) in [6.07, 6.45) is 0. The fourth-order valence-electron chi connectivity index (χ4n) is 1.79. The van der Waals surface area contributed by atoms with E-state index in [0.717, 1.165) is 24.7 Å². The molecule has 1 N–H and O–H groups in total. The maximum Gasteiger partial charge on any atom is 0.201 e. The van der Waals surface area contributed by atoms with Crippen molar-refractivity contribution in [1.82, 2.24) is 0 Å². The lowest BCUT2D eigenvalue weighted by Crippen LogP contribution is -2.26. The van der Waals surface area contributed by atoms with E-state index in [1.807, 2.05) is 12.1 Å². The quantitative estimate of drug-likeness (QED) is 0.832. The van der Waals surface area contributed by atoms with Crippen LogP contribution in [0.5, 0.6) is 17.2 Å². The SMILES string of the molecule is COc1cc([S+]2CCOCC2)cc(OC)c1O. The Balaban J connectivity index is 2.33. The minimum absolute atomic E-state index is 0.0654. The van der Waals surface area contributed by atoms with Gasteiger partial charge in [0.2, 0.25) is 5.75 Å². The third-order valence-corrected chi connectivity index (χ3v) is 4.96. The Morgan fingerprint density at radius 1 is 1.12 bits per heavy atom. The number of hydrogen-bond donors (Lipinski definition) is 1. The van der Waals surface area contributed by atoms with Crippen LogP contribution in [0.2, 0.25) is 0 Å². The molecule has 1 aromatic rings. The molecule has 4 nitrogen and oxygen atoms in total. The fraction of sp³-hybridized carbons (Fsp3) is 0.500. The first-order chi connectivity index (χ1) is 8.26. The standard InChI is InChI=1S/C12H16O4S/c1-14-10-7-9(8-11(15-2)12(10)13)17-5-3-16-4-6-17/h7-8H,3-6H2,1-2H3/p+1. The van der Waals surface area contributed by atoms with Crippen LogP contribution in [-0.4, -0.2) is 44.0 Å². The average Bonchev–Trinajstić information content (AvgIpc) is 2.40. The van der Waals surface area contributed by atoms with Gasteiger partial charge in [0, 0.05) is 23.0 Å². The van der Waals surface area contributed by atoms with Gasteiger partial charge in [0.15, 0.2) is 16.4 Å². The minimum atomic E-state index is 0.0654. The van der Waals surface area contributed by atoms with Gasteiger partial charge >= 0.3 is 0 Å². The van der Waals surface area contributed by atoms with Crippen LogP contribution in [0.1, 0.15) is 0 Å². The Morgan fingerprint density at radius 2 is 1.65 bits per heavy atom. The summed E-state index contributed by atoms with van der Waals surface area (Å²) in [7, 11) is 3.26. The smallest absolute Gasteiger partial charge is 0.201 e. The van der Waals surface area contributed by atoms with Crippen molar-refractivity contribution in [3.05, 3.63) is 12.1 Å².